The summed E-state index contributed by atoms with van der Waals surface area (Å²) < 4.78 is 0. The van der Waals surface area contributed by atoms with Gasteiger partial charge >= 0.3 is 0 Å². The Morgan fingerprint density at radius 3 is 2.50 bits per heavy atom. The molecule has 3 rings (SSSR count). The van der Waals surface area contributed by atoms with Crippen LogP contribution in [-0.2, 0) is 10.2 Å². The van der Waals surface area contributed by atoms with Crippen molar-refractivity contribution in [3.05, 3.63) is 34.9 Å². The summed E-state index contributed by atoms with van der Waals surface area (Å²) in [5.41, 5.74) is 0.661. The molecule has 1 aromatic carbocycles. The van der Waals surface area contributed by atoms with Crippen LogP contribution >= 0.6 is 11.6 Å². The summed E-state index contributed by atoms with van der Waals surface area (Å²) in [6, 6.07) is 7.70. The highest BCUT2D eigenvalue weighted by atomic mass is 35.5. The molecule has 1 aromatic rings. The van der Waals surface area contributed by atoms with E-state index in [9.17, 15) is 4.79 Å². The van der Waals surface area contributed by atoms with E-state index in [1.807, 2.05) is 24.3 Å². The first kappa shape index (κ1) is 13.9. The first-order valence-corrected chi connectivity index (χ1v) is 7.71. The number of hydrogen-bond donors (Lipinski definition) is 2. The standard InChI is InChI=1S/C16H21ClN2O/c1-15(7-2-10-18-11-15)19-14(20)16(8-9-16)12-3-5-13(17)6-4-12/h3-6,18H,2,7-11H2,1H3,(H,19,20). The molecule has 0 spiro atoms. The lowest BCUT2D eigenvalue weighted by atomic mass is 9.89. The number of benzene rings is 1. The van der Waals surface area contributed by atoms with Gasteiger partial charge in [0.15, 0.2) is 0 Å². The van der Waals surface area contributed by atoms with Crippen molar-refractivity contribution in [2.75, 3.05) is 13.1 Å². The number of carbonyl (C=O) groups excluding carboxylic acids is 1. The van der Waals surface area contributed by atoms with Crippen molar-refractivity contribution in [2.45, 2.75) is 43.6 Å². The number of halogens is 1. The highest BCUT2D eigenvalue weighted by molar-refractivity contribution is 6.30. The molecule has 0 bridgehead atoms. The van der Waals surface area contributed by atoms with E-state index in [-0.39, 0.29) is 16.9 Å². The molecule has 1 amide bonds. The smallest absolute Gasteiger partial charge is 0.231 e. The molecule has 1 aliphatic heterocycles. The zero-order chi connectivity index (χ0) is 14.2. The van der Waals surface area contributed by atoms with E-state index >= 15 is 0 Å². The average molecular weight is 293 g/mol. The lowest BCUT2D eigenvalue weighted by Gasteiger charge is -2.36. The second kappa shape index (κ2) is 5.05. The first-order valence-electron chi connectivity index (χ1n) is 7.34. The summed E-state index contributed by atoms with van der Waals surface area (Å²) in [5, 5.41) is 7.36. The van der Waals surface area contributed by atoms with Gasteiger partial charge in [0.05, 0.1) is 5.41 Å². The molecule has 1 saturated carbocycles. The Balaban J connectivity index is 1.74. The normalized spacial score (nSPS) is 27.9. The molecular weight excluding hydrogens is 272 g/mol. The maximum atomic E-state index is 12.7. The van der Waals surface area contributed by atoms with Crippen LogP contribution in [0.15, 0.2) is 24.3 Å². The monoisotopic (exact) mass is 292 g/mol. The van der Waals surface area contributed by atoms with Crippen molar-refractivity contribution in [3.8, 4) is 0 Å². The van der Waals surface area contributed by atoms with Gasteiger partial charge < -0.3 is 10.6 Å². The molecule has 2 aliphatic rings. The summed E-state index contributed by atoms with van der Waals surface area (Å²) >= 11 is 5.93. The summed E-state index contributed by atoms with van der Waals surface area (Å²) in [5.74, 6) is 0.172. The molecule has 108 valence electrons. The second-order valence-electron chi connectivity index (χ2n) is 6.38. The van der Waals surface area contributed by atoms with Gasteiger partial charge in [-0.3, -0.25) is 4.79 Å². The molecular formula is C16H21ClN2O. The van der Waals surface area contributed by atoms with Crippen molar-refractivity contribution in [2.24, 2.45) is 0 Å². The third-order valence-corrected chi connectivity index (χ3v) is 4.85. The zero-order valence-electron chi connectivity index (χ0n) is 11.8. The molecule has 2 N–H and O–H groups in total. The Hall–Kier alpha value is -1.06. The van der Waals surface area contributed by atoms with Crippen molar-refractivity contribution in [1.29, 1.82) is 0 Å². The van der Waals surface area contributed by atoms with Gasteiger partial charge in [-0.25, -0.2) is 0 Å². The Morgan fingerprint density at radius 2 is 1.95 bits per heavy atom. The Bertz CT molecular complexity index is 502. The molecule has 20 heavy (non-hydrogen) atoms. The molecule has 4 heteroatoms. The number of nitrogens with one attached hydrogen (secondary N) is 2. The predicted octanol–water partition coefficient (Wildman–Crippen LogP) is 2.63. The van der Waals surface area contributed by atoms with Gasteiger partial charge in [-0.05, 0) is 56.8 Å². The summed E-state index contributed by atoms with van der Waals surface area (Å²) in [7, 11) is 0. The molecule has 0 aromatic heterocycles. The number of carbonyl (C=O) groups is 1. The SMILES string of the molecule is CC1(NC(=O)C2(c3ccc(Cl)cc3)CC2)CCCNC1. The Labute approximate surface area is 125 Å². The van der Waals surface area contributed by atoms with Crippen molar-refractivity contribution < 1.29 is 4.79 Å². The maximum Gasteiger partial charge on any atom is 0.231 e. The summed E-state index contributed by atoms with van der Waals surface area (Å²) in [6.45, 7) is 4.04. The van der Waals surface area contributed by atoms with Gasteiger partial charge in [-0.2, -0.15) is 0 Å². The van der Waals surface area contributed by atoms with Crippen LogP contribution in [0.5, 0.6) is 0 Å². The zero-order valence-corrected chi connectivity index (χ0v) is 12.6. The van der Waals surface area contributed by atoms with E-state index < -0.39 is 0 Å². The molecule has 1 unspecified atom stereocenters. The number of rotatable bonds is 3. The maximum absolute atomic E-state index is 12.7. The number of amides is 1. The highest BCUT2D eigenvalue weighted by Gasteiger charge is 2.52. The van der Waals surface area contributed by atoms with Crippen LogP contribution in [0.2, 0.25) is 5.02 Å². The summed E-state index contributed by atoms with van der Waals surface area (Å²) in [6.07, 6.45) is 4.03. The molecule has 1 aliphatic carbocycles. The minimum absolute atomic E-state index is 0.114. The molecule has 1 saturated heterocycles. The molecule has 0 radical (unpaired) electrons. The molecule has 1 atom stereocenters. The largest absolute Gasteiger partial charge is 0.349 e. The van der Waals surface area contributed by atoms with Gasteiger partial charge in [0.1, 0.15) is 0 Å². The van der Waals surface area contributed by atoms with Crippen LogP contribution in [0.3, 0.4) is 0 Å². The Morgan fingerprint density at radius 1 is 1.25 bits per heavy atom. The van der Waals surface area contributed by atoms with Crippen LogP contribution in [-0.4, -0.2) is 24.5 Å². The Kier molecular flexibility index (Phi) is 3.51. The van der Waals surface area contributed by atoms with Crippen LogP contribution < -0.4 is 10.6 Å². The summed E-state index contributed by atoms with van der Waals surface area (Å²) in [4.78, 5) is 12.7. The van der Waals surface area contributed by atoms with Crippen molar-refractivity contribution >= 4 is 17.5 Å². The highest BCUT2D eigenvalue weighted by Crippen LogP contribution is 2.49. The van der Waals surface area contributed by atoms with E-state index in [0.717, 1.165) is 44.3 Å². The van der Waals surface area contributed by atoms with Gasteiger partial charge in [0.25, 0.3) is 0 Å². The minimum Gasteiger partial charge on any atom is -0.349 e. The van der Waals surface area contributed by atoms with E-state index in [2.05, 4.69) is 17.6 Å². The third-order valence-electron chi connectivity index (χ3n) is 4.59. The fraction of sp³-hybridized carbons (Fsp3) is 0.562. The van der Waals surface area contributed by atoms with E-state index in [0.29, 0.717) is 5.02 Å². The minimum atomic E-state index is -0.314. The molecule has 1 heterocycles. The lowest BCUT2D eigenvalue weighted by molar-refractivity contribution is -0.125. The lowest BCUT2D eigenvalue weighted by Crippen LogP contribution is -2.57. The number of piperidine rings is 1. The molecule has 2 fully saturated rings. The van der Waals surface area contributed by atoms with Crippen LogP contribution in [0, 0.1) is 0 Å². The quantitative estimate of drug-likeness (QED) is 0.899. The van der Waals surface area contributed by atoms with Crippen LogP contribution in [0.1, 0.15) is 38.2 Å². The van der Waals surface area contributed by atoms with Crippen LogP contribution in [0.4, 0.5) is 0 Å². The van der Waals surface area contributed by atoms with E-state index in [1.54, 1.807) is 0 Å². The topological polar surface area (TPSA) is 41.1 Å². The van der Waals surface area contributed by atoms with E-state index in [1.165, 1.54) is 0 Å². The fourth-order valence-electron chi connectivity index (χ4n) is 3.10. The first-order chi connectivity index (χ1) is 9.54. The average Bonchev–Trinajstić information content (AvgIpc) is 3.21. The van der Waals surface area contributed by atoms with Crippen molar-refractivity contribution in [1.82, 2.24) is 10.6 Å². The van der Waals surface area contributed by atoms with Gasteiger partial charge in [-0.15, -0.1) is 0 Å². The van der Waals surface area contributed by atoms with Crippen LogP contribution in [0.25, 0.3) is 0 Å². The molecule has 3 nitrogen and oxygen atoms in total. The van der Waals surface area contributed by atoms with Gasteiger partial charge in [0, 0.05) is 17.1 Å². The third kappa shape index (κ3) is 2.57. The van der Waals surface area contributed by atoms with Gasteiger partial charge in [-0.1, -0.05) is 23.7 Å². The second-order valence-corrected chi connectivity index (χ2v) is 6.82. The number of hydrogen-bond acceptors (Lipinski definition) is 2. The fourth-order valence-corrected chi connectivity index (χ4v) is 3.22. The van der Waals surface area contributed by atoms with E-state index in [4.69, 9.17) is 11.6 Å². The van der Waals surface area contributed by atoms with Crippen molar-refractivity contribution in [3.63, 3.8) is 0 Å². The van der Waals surface area contributed by atoms with Gasteiger partial charge in [0.2, 0.25) is 5.91 Å². The predicted molar refractivity (Wildman–Crippen MR) is 81.0 cm³/mol.